The monoisotopic (exact) mass is 650 g/mol. The van der Waals surface area contributed by atoms with Gasteiger partial charge < -0.3 is 47.3 Å². The molecule has 15 heteroatoms. The van der Waals surface area contributed by atoms with Crippen molar-refractivity contribution in [2.24, 2.45) is 17.6 Å². The van der Waals surface area contributed by atoms with Crippen molar-refractivity contribution in [2.45, 2.75) is 96.7 Å². The van der Waals surface area contributed by atoms with Gasteiger partial charge in [-0.1, -0.05) is 58.0 Å². The van der Waals surface area contributed by atoms with Gasteiger partial charge in [-0.05, 0) is 37.7 Å². The van der Waals surface area contributed by atoms with Crippen LogP contribution in [0.3, 0.4) is 0 Å². The molecule has 0 aliphatic carbocycles. The van der Waals surface area contributed by atoms with Crippen molar-refractivity contribution in [2.75, 3.05) is 13.7 Å². The van der Waals surface area contributed by atoms with Gasteiger partial charge in [0.15, 0.2) is 0 Å². The molecule has 0 heterocycles. The van der Waals surface area contributed by atoms with Crippen LogP contribution < -0.4 is 32.3 Å². The van der Waals surface area contributed by atoms with E-state index in [4.69, 9.17) is 15.6 Å². The number of nitrogens with one attached hydrogen (secondary N) is 5. The molecular weight excluding hydrogens is 600 g/mol. The van der Waals surface area contributed by atoms with Crippen LogP contribution in [-0.2, 0) is 39.9 Å². The van der Waals surface area contributed by atoms with E-state index >= 15 is 0 Å². The van der Waals surface area contributed by atoms with Gasteiger partial charge >= 0.3 is 5.97 Å². The average molecular weight is 651 g/mol. The van der Waals surface area contributed by atoms with Gasteiger partial charge in [-0.2, -0.15) is 0 Å². The van der Waals surface area contributed by atoms with Crippen LogP contribution in [0, 0.1) is 11.8 Å². The number of carbonyl (C=O) groups excluding carboxylic acids is 6. The van der Waals surface area contributed by atoms with Crippen LogP contribution in [0.1, 0.15) is 53.5 Å². The van der Waals surface area contributed by atoms with Crippen LogP contribution in [0.5, 0.6) is 0 Å². The van der Waals surface area contributed by atoms with Crippen molar-refractivity contribution in [3.8, 4) is 0 Å². The first-order valence-electron chi connectivity index (χ1n) is 15.2. The Kier molecular flexibility index (Phi) is 16.9. The Hall–Kier alpha value is -4.08. The van der Waals surface area contributed by atoms with E-state index in [0.29, 0.717) is 0 Å². The fraction of sp³-hybridized carbons (Fsp3) is 0.613. The Morgan fingerprint density at radius 2 is 1.26 bits per heavy atom. The molecule has 258 valence electrons. The molecule has 1 rings (SSSR count). The number of amides is 5. The van der Waals surface area contributed by atoms with E-state index in [2.05, 4.69) is 26.6 Å². The number of rotatable bonds is 18. The van der Waals surface area contributed by atoms with Gasteiger partial charge in [-0.15, -0.1) is 0 Å². The number of hydrogen-bond acceptors (Lipinski definition) is 10. The van der Waals surface area contributed by atoms with Gasteiger partial charge in [0.2, 0.25) is 29.5 Å². The molecule has 46 heavy (non-hydrogen) atoms. The number of aliphatic hydroxyl groups excluding tert-OH is 2. The first-order chi connectivity index (χ1) is 21.5. The largest absolute Gasteiger partial charge is 0.467 e. The van der Waals surface area contributed by atoms with Crippen molar-refractivity contribution >= 4 is 35.5 Å². The van der Waals surface area contributed by atoms with E-state index in [0.717, 1.165) is 5.56 Å². The maximum absolute atomic E-state index is 13.1. The lowest BCUT2D eigenvalue weighted by Gasteiger charge is -2.28. The van der Waals surface area contributed by atoms with Gasteiger partial charge in [-0.25, -0.2) is 4.79 Å². The average Bonchev–Trinajstić information content (AvgIpc) is 3.00. The molecule has 0 saturated carbocycles. The topological polar surface area (TPSA) is 238 Å². The predicted molar refractivity (Wildman–Crippen MR) is 169 cm³/mol. The third-order valence-corrected chi connectivity index (χ3v) is 7.21. The molecule has 0 spiro atoms. The van der Waals surface area contributed by atoms with Crippen LogP contribution >= 0.6 is 0 Å². The third kappa shape index (κ3) is 13.1. The van der Waals surface area contributed by atoms with Crippen LogP contribution in [0.15, 0.2) is 30.3 Å². The smallest absolute Gasteiger partial charge is 0.328 e. The first kappa shape index (κ1) is 39.9. The van der Waals surface area contributed by atoms with Crippen molar-refractivity contribution in [3.05, 3.63) is 35.9 Å². The number of aliphatic hydroxyl groups is 2. The lowest BCUT2D eigenvalue weighted by molar-refractivity contribution is -0.147. The number of methoxy groups -OCH3 is 1. The van der Waals surface area contributed by atoms with Gasteiger partial charge in [0, 0.05) is 0 Å². The molecule has 5 amide bonds. The Morgan fingerprint density at radius 1 is 0.739 bits per heavy atom. The maximum Gasteiger partial charge on any atom is 0.328 e. The Labute approximate surface area is 269 Å². The van der Waals surface area contributed by atoms with E-state index in [9.17, 15) is 33.9 Å². The Morgan fingerprint density at radius 3 is 1.76 bits per heavy atom. The minimum absolute atomic E-state index is 0.135. The van der Waals surface area contributed by atoms with E-state index in [-0.39, 0.29) is 18.3 Å². The first-order valence-corrected chi connectivity index (χ1v) is 15.2. The summed E-state index contributed by atoms with van der Waals surface area (Å²) in [6, 6.07) is 2.61. The summed E-state index contributed by atoms with van der Waals surface area (Å²) in [7, 11) is 1.21. The highest BCUT2D eigenvalue weighted by atomic mass is 16.5. The molecule has 9 N–H and O–H groups in total. The number of nitrogens with two attached hydrogens (primary N) is 1. The second-order valence-electron chi connectivity index (χ2n) is 11.9. The summed E-state index contributed by atoms with van der Waals surface area (Å²) in [5, 5.41) is 32.9. The third-order valence-electron chi connectivity index (χ3n) is 7.21. The summed E-state index contributed by atoms with van der Waals surface area (Å²) in [6.07, 6.45) is -1.75. The summed E-state index contributed by atoms with van der Waals surface area (Å²) in [4.78, 5) is 75.8. The van der Waals surface area contributed by atoms with E-state index in [1.165, 1.54) is 21.0 Å². The number of esters is 1. The van der Waals surface area contributed by atoms with E-state index in [1.54, 1.807) is 58.0 Å². The summed E-state index contributed by atoms with van der Waals surface area (Å²) in [6.45, 7) is 9.08. The molecule has 3 unspecified atom stereocenters. The molecule has 7 atom stereocenters. The normalized spacial score (nSPS) is 15.7. The Bertz CT molecular complexity index is 1180. The van der Waals surface area contributed by atoms with Crippen LogP contribution in [-0.4, -0.2) is 102 Å². The number of benzene rings is 1. The quantitative estimate of drug-likeness (QED) is 0.0834. The van der Waals surface area contributed by atoms with Crippen LogP contribution in [0.25, 0.3) is 0 Å². The van der Waals surface area contributed by atoms with E-state index in [1.807, 2.05) is 0 Å². The molecular formula is C31H50N6O9. The van der Waals surface area contributed by atoms with Crippen molar-refractivity contribution in [1.29, 1.82) is 0 Å². The summed E-state index contributed by atoms with van der Waals surface area (Å²) in [5.41, 5.74) is 6.20. The number of ether oxygens (including phenoxy) is 1. The zero-order valence-corrected chi connectivity index (χ0v) is 27.5. The fourth-order valence-electron chi connectivity index (χ4n) is 4.30. The second kappa shape index (κ2) is 19.4. The van der Waals surface area contributed by atoms with Gasteiger partial charge in [-0.3, -0.25) is 24.0 Å². The maximum atomic E-state index is 13.1. The molecule has 15 nitrogen and oxygen atoms in total. The highest BCUT2D eigenvalue weighted by Gasteiger charge is 2.33. The summed E-state index contributed by atoms with van der Waals surface area (Å²) >= 11 is 0. The summed E-state index contributed by atoms with van der Waals surface area (Å²) in [5.74, 6) is -4.63. The molecule has 0 aliphatic heterocycles. The molecule has 0 aromatic heterocycles. The summed E-state index contributed by atoms with van der Waals surface area (Å²) < 4.78 is 4.77. The highest BCUT2D eigenvalue weighted by Crippen LogP contribution is 2.12. The van der Waals surface area contributed by atoms with Crippen molar-refractivity contribution < 1.29 is 43.7 Å². The zero-order chi connectivity index (χ0) is 35.1. The highest BCUT2D eigenvalue weighted by molar-refractivity contribution is 5.93. The molecule has 0 saturated heterocycles. The lowest BCUT2D eigenvalue weighted by atomic mass is 9.97. The molecule has 0 bridgehead atoms. The van der Waals surface area contributed by atoms with Gasteiger partial charge in [0.1, 0.15) is 30.2 Å². The number of hydrogen-bond donors (Lipinski definition) is 8. The second-order valence-corrected chi connectivity index (χ2v) is 11.9. The zero-order valence-electron chi connectivity index (χ0n) is 27.5. The van der Waals surface area contributed by atoms with Crippen molar-refractivity contribution in [3.63, 3.8) is 0 Å². The minimum atomic E-state index is -1.40. The molecule has 0 radical (unpaired) electrons. The standard InChI is InChI=1S/C31H50N6O9/c1-16(2)25(30(44)37-26(17(3)4)31(45)46-7)36-24(40)14-23(39)22(13-20-11-9-8-10-12-20)35-28(42)19(6)33-27(41)18(5)34-29(43)21(32)15-38/h8-12,16-19,21-23,25-26,38-39H,13-15,32H2,1-7H3,(H,33,41)(H,34,43)(H,35,42)(H,36,40)(H,37,44)/t18-,19-,21-,22?,23?,25?,26-/m0/s1. The molecule has 1 aromatic carbocycles. The fourth-order valence-corrected chi connectivity index (χ4v) is 4.30. The van der Waals surface area contributed by atoms with Gasteiger partial charge in [0.05, 0.1) is 32.3 Å². The number of carbonyl (C=O) groups is 6. The van der Waals surface area contributed by atoms with Crippen LogP contribution in [0.2, 0.25) is 0 Å². The predicted octanol–water partition coefficient (Wildman–Crippen LogP) is -1.75. The van der Waals surface area contributed by atoms with Gasteiger partial charge in [0.25, 0.3) is 0 Å². The molecule has 1 aromatic rings. The van der Waals surface area contributed by atoms with Crippen molar-refractivity contribution in [1.82, 2.24) is 26.6 Å². The molecule has 0 fully saturated rings. The SMILES string of the molecule is COC(=O)[C@@H](NC(=O)C(NC(=O)CC(O)C(Cc1ccccc1)NC(=O)[C@H](C)NC(=O)[C@H](C)NC(=O)[C@@H](N)CO)C(C)C)C(C)C. The lowest BCUT2D eigenvalue weighted by Crippen LogP contribution is -2.57. The minimum Gasteiger partial charge on any atom is -0.467 e. The Balaban J connectivity index is 3.00. The van der Waals surface area contributed by atoms with E-state index < -0.39 is 90.9 Å². The molecule has 0 aliphatic rings. The van der Waals surface area contributed by atoms with Crippen LogP contribution in [0.4, 0.5) is 0 Å².